The summed E-state index contributed by atoms with van der Waals surface area (Å²) in [6, 6.07) is 8.37. The number of hydrogen-bond donors (Lipinski definition) is 1. The van der Waals surface area contributed by atoms with Gasteiger partial charge in [-0.25, -0.2) is 13.5 Å². The molecular formula is C16H11F2N5O3. The molecule has 0 saturated carbocycles. The summed E-state index contributed by atoms with van der Waals surface area (Å²) in [7, 11) is 0. The molecule has 0 bridgehead atoms. The molecule has 0 radical (unpaired) electrons. The minimum atomic E-state index is -0.929. The van der Waals surface area contributed by atoms with Gasteiger partial charge in [-0.2, -0.15) is 0 Å². The summed E-state index contributed by atoms with van der Waals surface area (Å²) in [5.74, 6) is -2.44. The third-order valence-electron chi connectivity index (χ3n) is 3.57. The van der Waals surface area contributed by atoms with Gasteiger partial charge in [0, 0.05) is 18.2 Å². The number of amides is 1. The van der Waals surface area contributed by atoms with Gasteiger partial charge in [-0.1, -0.05) is 11.3 Å². The van der Waals surface area contributed by atoms with Crippen LogP contribution in [0.25, 0.3) is 5.69 Å². The van der Waals surface area contributed by atoms with Crippen LogP contribution in [0.5, 0.6) is 0 Å². The van der Waals surface area contributed by atoms with Crippen molar-refractivity contribution in [1.82, 2.24) is 15.0 Å². The van der Waals surface area contributed by atoms with Crippen LogP contribution in [-0.2, 0) is 0 Å². The van der Waals surface area contributed by atoms with E-state index in [1.54, 1.807) is 6.07 Å². The van der Waals surface area contributed by atoms with E-state index in [0.29, 0.717) is 17.4 Å². The fourth-order valence-electron chi connectivity index (χ4n) is 2.29. The van der Waals surface area contributed by atoms with Crippen LogP contribution in [-0.4, -0.2) is 25.8 Å². The highest BCUT2D eigenvalue weighted by Crippen LogP contribution is 2.20. The van der Waals surface area contributed by atoms with Gasteiger partial charge in [0.25, 0.3) is 11.6 Å². The van der Waals surface area contributed by atoms with Gasteiger partial charge in [-0.05, 0) is 25.1 Å². The standard InChI is InChI=1S/C16H11F2N5O3/c1-9-15(16(24)19-14-6-5-10(17)7-13(14)18)20-21-22(9)11-3-2-4-12(8-11)23(25)26/h2-8H,1H3,(H,19,24). The SMILES string of the molecule is Cc1c(C(=O)Nc2ccc(F)cc2F)nnn1-c1cccc([N+](=O)[O-])c1. The predicted octanol–water partition coefficient (Wildman–Crippen LogP) is 3.01. The number of nitro groups is 1. The van der Waals surface area contributed by atoms with Crippen molar-refractivity contribution in [3.8, 4) is 5.69 Å². The molecule has 0 saturated heterocycles. The third kappa shape index (κ3) is 3.24. The molecule has 0 aliphatic carbocycles. The Labute approximate surface area is 145 Å². The summed E-state index contributed by atoms with van der Waals surface area (Å²) in [6.45, 7) is 1.54. The highest BCUT2D eigenvalue weighted by molar-refractivity contribution is 6.03. The quantitative estimate of drug-likeness (QED) is 0.570. The van der Waals surface area contributed by atoms with Crippen LogP contribution in [0, 0.1) is 28.7 Å². The summed E-state index contributed by atoms with van der Waals surface area (Å²) in [5.41, 5.74) is 0.194. The molecule has 2 aromatic carbocycles. The normalized spacial score (nSPS) is 10.6. The molecule has 0 unspecified atom stereocenters. The Morgan fingerprint density at radius 3 is 2.69 bits per heavy atom. The van der Waals surface area contributed by atoms with E-state index in [0.717, 1.165) is 12.1 Å². The van der Waals surface area contributed by atoms with Gasteiger partial charge in [0.1, 0.15) is 11.6 Å². The molecule has 0 aliphatic rings. The van der Waals surface area contributed by atoms with E-state index in [2.05, 4.69) is 15.6 Å². The molecule has 3 rings (SSSR count). The minimum absolute atomic E-state index is 0.0970. The van der Waals surface area contributed by atoms with E-state index >= 15 is 0 Å². The summed E-state index contributed by atoms with van der Waals surface area (Å²) >= 11 is 0. The van der Waals surface area contributed by atoms with Gasteiger partial charge in [0.05, 0.1) is 22.0 Å². The number of hydrogen-bond acceptors (Lipinski definition) is 5. The number of nitrogens with zero attached hydrogens (tertiary/aromatic N) is 4. The molecule has 1 N–H and O–H groups in total. The maximum absolute atomic E-state index is 13.7. The molecule has 132 valence electrons. The lowest BCUT2D eigenvalue weighted by atomic mass is 10.2. The Bertz CT molecular complexity index is 1020. The van der Waals surface area contributed by atoms with Crippen LogP contribution >= 0.6 is 0 Å². The fraction of sp³-hybridized carbons (Fsp3) is 0.0625. The number of halogens is 2. The number of carbonyl (C=O) groups is 1. The molecule has 26 heavy (non-hydrogen) atoms. The molecular weight excluding hydrogens is 348 g/mol. The van der Waals surface area contributed by atoms with Crippen LogP contribution in [0.15, 0.2) is 42.5 Å². The Hall–Kier alpha value is -3.69. The Morgan fingerprint density at radius 2 is 2.00 bits per heavy atom. The first-order valence-corrected chi connectivity index (χ1v) is 7.30. The van der Waals surface area contributed by atoms with Crippen LogP contribution in [0.1, 0.15) is 16.2 Å². The summed E-state index contributed by atoms with van der Waals surface area (Å²) in [5, 5.41) is 20.7. The number of anilines is 1. The average Bonchev–Trinajstić information content (AvgIpc) is 2.99. The number of carbonyl (C=O) groups excluding carboxylic acids is 1. The highest BCUT2D eigenvalue weighted by Gasteiger charge is 2.19. The lowest BCUT2D eigenvalue weighted by Gasteiger charge is -2.06. The lowest BCUT2D eigenvalue weighted by molar-refractivity contribution is -0.384. The van der Waals surface area contributed by atoms with Crippen LogP contribution in [0.2, 0.25) is 0 Å². The molecule has 1 amide bonds. The van der Waals surface area contributed by atoms with Crippen LogP contribution in [0.4, 0.5) is 20.2 Å². The highest BCUT2D eigenvalue weighted by atomic mass is 19.1. The molecule has 0 fully saturated rings. The van der Waals surface area contributed by atoms with Crippen LogP contribution in [0.3, 0.4) is 0 Å². The average molecular weight is 359 g/mol. The van der Waals surface area contributed by atoms with Crippen molar-refractivity contribution in [2.24, 2.45) is 0 Å². The molecule has 10 heteroatoms. The van der Waals surface area contributed by atoms with Crippen molar-refractivity contribution in [2.75, 3.05) is 5.32 Å². The zero-order valence-electron chi connectivity index (χ0n) is 13.3. The Balaban J connectivity index is 1.90. The van der Waals surface area contributed by atoms with Crippen molar-refractivity contribution < 1.29 is 18.5 Å². The monoisotopic (exact) mass is 359 g/mol. The van der Waals surface area contributed by atoms with Crippen molar-refractivity contribution >= 4 is 17.3 Å². The van der Waals surface area contributed by atoms with Gasteiger partial charge in [-0.3, -0.25) is 14.9 Å². The summed E-state index contributed by atoms with van der Waals surface area (Å²) < 4.78 is 27.8. The van der Waals surface area contributed by atoms with Crippen LogP contribution < -0.4 is 5.32 Å². The van der Waals surface area contributed by atoms with Crippen molar-refractivity contribution in [3.63, 3.8) is 0 Å². The summed E-state index contributed by atoms with van der Waals surface area (Å²) in [6.07, 6.45) is 0. The van der Waals surface area contributed by atoms with Gasteiger partial charge in [0.2, 0.25) is 0 Å². The van der Waals surface area contributed by atoms with E-state index in [4.69, 9.17) is 0 Å². The third-order valence-corrected chi connectivity index (χ3v) is 3.57. The molecule has 1 aromatic heterocycles. The number of benzene rings is 2. The molecule has 0 atom stereocenters. The first kappa shape index (κ1) is 17.1. The summed E-state index contributed by atoms with van der Waals surface area (Å²) in [4.78, 5) is 22.6. The second-order valence-corrected chi connectivity index (χ2v) is 5.29. The zero-order chi connectivity index (χ0) is 18.8. The topological polar surface area (TPSA) is 103 Å². The number of nitro benzene ring substituents is 1. The van der Waals surface area contributed by atoms with E-state index in [1.165, 1.54) is 29.8 Å². The number of nitrogens with one attached hydrogen (secondary N) is 1. The van der Waals surface area contributed by atoms with Gasteiger partial charge in [-0.15, -0.1) is 5.10 Å². The number of non-ortho nitro benzene ring substituents is 1. The molecule has 8 nitrogen and oxygen atoms in total. The fourth-order valence-corrected chi connectivity index (χ4v) is 2.29. The second-order valence-electron chi connectivity index (χ2n) is 5.29. The van der Waals surface area contributed by atoms with Crippen molar-refractivity contribution in [1.29, 1.82) is 0 Å². The molecule has 0 aliphatic heterocycles. The van der Waals surface area contributed by atoms with Gasteiger partial charge < -0.3 is 5.32 Å². The molecule has 3 aromatic rings. The maximum atomic E-state index is 13.7. The van der Waals surface area contributed by atoms with E-state index in [-0.39, 0.29) is 17.1 Å². The van der Waals surface area contributed by atoms with Crippen molar-refractivity contribution in [3.05, 3.63) is 75.6 Å². The molecule has 0 spiro atoms. The zero-order valence-corrected chi connectivity index (χ0v) is 13.3. The number of aromatic nitrogens is 3. The first-order chi connectivity index (χ1) is 12.4. The smallest absolute Gasteiger partial charge is 0.278 e. The predicted molar refractivity (Wildman–Crippen MR) is 87.1 cm³/mol. The number of rotatable bonds is 4. The minimum Gasteiger partial charge on any atom is -0.318 e. The lowest BCUT2D eigenvalue weighted by Crippen LogP contribution is -2.15. The van der Waals surface area contributed by atoms with E-state index < -0.39 is 22.5 Å². The first-order valence-electron chi connectivity index (χ1n) is 7.30. The Kier molecular flexibility index (Phi) is 4.40. The van der Waals surface area contributed by atoms with E-state index in [1.807, 2.05) is 0 Å². The van der Waals surface area contributed by atoms with Crippen molar-refractivity contribution in [2.45, 2.75) is 6.92 Å². The molecule has 1 heterocycles. The maximum Gasteiger partial charge on any atom is 0.278 e. The van der Waals surface area contributed by atoms with Gasteiger partial charge in [0.15, 0.2) is 5.69 Å². The largest absolute Gasteiger partial charge is 0.318 e. The van der Waals surface area contributed by atoms with E-state index in [9.17, 15) is 23.7 Å². The van der Waals surface area contributed by atoms with Gasteiger partial charge >= 0.3 is 0 Å². The Morgan fingerprint density at radius 1 is 1.23 bits per heavy atom. The second kappa shape index (κ2) is 6.67.